The molecule has 0 unspecified atom stereocenters. The van der Waals surface area contributed by atoms with Gasteiger partial charge in [0.2, 0.25) is 0 Å². The molecule has 1 fully saturated rings. The van der Waals surface area contributed by atoms with Crippen molar-refractivity contribution in [2.75, 3.05) is 12.3 Å². The van der Waals surface area contributed by atoms with Gasteiger partial charge in [0.25, 0.3) is 0 Å². The molecule has 1 aliphatic rings. The number of nitrogens with zero attached hydrogens (tertiary/aromatic N) is 4. The maximum atomic E-state index is 13.8. The van der Waals surface area contributed by atoms with Crippen molar-refractivity contribution in [3.05, 3.63) is 36.4 Å². The molecule has 0 bridgehead atoms. The molecule has 0 amide bonds. The first-order valence-corrected chi connectivity index (χ1v) is 15.5. The van der Waals surface area contributed by atoms with Crippen LogP contribution in [-0.4, -0.2) is 64.7 Å². The zero-order chi connectivity index (χ0) is 28.7. The minimum atomic E-state index is -2.22. The maximum Gasteiger partial charge on any atom is 0.303 e. The highest BCUT2D eigenvalue weighted by molar-refractivity contribution is 6.74. The molecule has 0 radical (unpaired) electrons. The average molecular weight is 560 g/mol. The summed E-state index contributed by atoms with van der Waals surface area (Å²) in [5, 5.41) is -0.0814. The number of carbonyl (C=O) groups excluding carboxylic acids is 2. The van der Waals surface area contributed by atoms with Gasteiger partial charge in [-0.05, 0) is 42.4 Å². The Labute approximate surface area is 227 Å². The van der Waals surface area contributed by atoms with Crippen molar-refractivity contribution in [3.8, 4) is 11.4 Å². The first kappa shape index (κ1) is 28.6. The summed E-state index contributed by atoms with van der Waals surface area (Å²) in [7, 11) is -2.22. The predicted molar refractivity (Wildman–Crippen MR) is 143 cm³/mol. The first-order chi connectivity index (χ1) is 18.2. The highest BCUT2D eigenvalue weighted by Crippen LogP contribution is 2.41. The lowest BCUT2D eigenvalue weighted by molar-refractivity contribution is -0.165. The molecule has 1 aromatic carbocycles. The molecule has 3 heterocycles. The van der Waals surface area contributed by atoms with Crippen molar-refractivity contribution in [2.24, 2.45) is 0 Å². The van der Waals surface area contributed by atoms with Gasteiger partial charge >= 0.3 is 11.9 Å². The zero-order valence-electron chi connectivity index (χ0n) is 23.1. The lowest BCUT2D eigenvalue weighted by Crippen LogP contribution is -2.46. The van der Waals surface area contributed by atoms with E-state index >= 15 is 0 Å². The monoisotopic (exact) mass is 559 g/mol. The third-order valence-corrected chi connectivity index (χ3v) is 11.7. The quantitative estimate of drug-likeness (QED) is 0.334. The van der Waals surface area contributed by atoms with Crippen LogP contribution in [-0.2, 0) is 28.2 Å². The molecule has 3 aromatic rings. The molecule has 11 nitrogen and oxygen atoms in total. The standard InChI is InChI=1S/C26H34FN5O6Si/c1-14(33)36-20-18(12-35-39(6,7)26(3,4)5)38-25(21(20)37-15(2)34)32-23(16-8-10-17(27)11-9-16)31-19-22(28)29-13-30-24(19)32/h8-11,13,18,20-21,25H,12H2,1-7H3,(H2,28,29,30)/t18-,20-,21-,25-/m1/s1. The number of rotatable bonds is 7. The second kappa shape index (κ2) is 10.6. The third kappa shape index (κ3) is 5.79. The summed E-state index contributed by atoms with van der Waals surface area (Å²) < 4.78 is 39.6. The van der Waals surface area contributed by atoms with Crippen LogP contribution in [0.3, 0.4) is 0 Å². The van der Waals surface area contributed by atoms with Gasteiger partial charge in [0.15, 0.2) is 43.7 Å². The topological polar surface area (TPSA) is 141 Å². The Bertz CT molecular complexity index is 1370. The molecule has 2 aromatic heterocycles. The molecule has 2 N–H and O–H groups in total. The van der Waals surface area contributed by atoms with Crippen LogP contribution in [0.25, 0.3) is 22.6 Å². The lowest BCUT2D eigenvalue weighted by Gasteiger charge is -2.37. The van der Waals surface area contributed by atoms with Gasteiger partial charge < -0.3 is 24.4 Å². The number of benzene rings is 1. The number of nitrogens with two attached hydrogens (primary N) is 1. The van der Waals surface area contributed by atoms with E-state index in [9.17, 15) is 14.0 Å². The van der Waals surface area contributed by atoms with E-state index in [1.165, 1.54) is 32.3 Å². The molecule has 4 atom stereocenters. The maximum absolute atomic E-state index is 13.8. The molecule has 1 aliphatic heterocycles. The Balaban J connectivity index is 1.85. The number of halogens is 1. The van der Waals surface area contributed by atoms with Crippen LogP contribution in [0.5, 0.6) is 0 Å². The van der Waals surface area contributed by atoms with E-state index in [0.29, 0.717) is 17.0 Å². The molecule has 0 saturated carbocycles. The van der Waals surface area contributed by atoms with Crippen molar-refractivity contribution >= 4 is 37.2 Å². The van der Waals surface area contributed by atoms with Gasteiger partial charge in [0.05, 0.1) is 6.61 Å². The number of hydrogen-bond donors (Lipinski definition) is 1. The molecule has 1 saturated heterocycles. The van der Waals surface area contributed by atoms with Gasteiger partial charge in [-0.25, -0.2) is 19.3 Å². The van der Waals surface area contributed by atoms with Crippen LogP contribution in [0.1, 0.15) is 40.8 Å². The van der Waals surface area contributed by atoms with Crippen LogP contribution >= 0.6 is 0 Å². The third-order valence-electron chi connectivity index (χ3n) is 7.17. The number of carbonyl (C=O) groups is 2. The second-order valence-electron chi connectivity index (χ2n) is 11.0. The van der Waals surface area contributed by atoms with Gasteiger partial charge in [-0.15, -0.1) is 0 Å². The Morgan fingerprint density at radius 1 is 1.08 bits per heavy atom. The van der Waals surface area contributed by atoms with Gasteiger partial charge in [-0.3, -0.25) is 14.2 Å². The Hall–Kier alpha value is -3.42. The molecule has 0 spiro atoms. The second-order valence-corrected chi connectivity index (χ2v) is 15.8. The number of anilines is 1. The SMILES string of the molecule is CC(=O)O[C@@H]1[C@H](OC(C)=O)[C@@H](CO[Si](C)(C)C(C)(C)C)O[C@H]1n1c(-c2ccc(F)cc2)nc2c(N)ncnc21. The minimum Gasteiger partial charge on any atom is -0.456 e. The molecule has 210 valence electrons. The molecule has 0 aliphatic carbocycles. The fraction of sp³-hybridized carbons (Fsp3) is 0.500. The number of imidazole rings is 1. The fourth-order valence-corrected chi connectivity index (χ4v) is 5.19. The average Bonchev–Trinajstić information content (AvgIpc) is 3.36. The molecular formula is C26H34FN5O6Si. The van der Waals surface area contributed by atoms with E-state index in [4.69, 9.17) is 24.4 Å². The Morgan fingerprint density at radius 3 is 2.28 bits per heavy atom. The Kier molecular flexibility index (Phi) is 7.79. The van der Waals surface area contributed by atoms with Crippen molar-refractivity contribution in [1.29, 1.82) is 0 Å². The molecular weight excluding hydrogens is 525 g/mol. The smallest absolute Gasteiger partial charge is 0.303 e. The van der Waals surface area contributed by atoms with E-state index in [1.807, 2.05) is 0 Å². The summed E-state index contributed by atoms with van der Waals surface area (Å²) in [6, 6.07) is 5.69. The van der Waals surface area contributed by atoms with Gasteiger partial charge in [-0.1, -0.05) is 20.8 Å². The zero-order valence-corrected chi connectivity index (χ0v) is 24.1. The van der Waals surface area contributed by atoms with Crippen molar-refractivity contribution in [2.45, 2.75) is 77.3 Å². The van der Waals surface area contributed by atoms with Crippen molar-refractivity contribution < 1.29 is 32.6 Å². The van der Waals surface area contributed by atoms with Crippen LogP contribution < -0.4 is 5.73 Å². The van der Waals surface area contributed by atoms with Crippen LogP contribution in [0, 0.1) is 5.82 Å². The normalized spacial score (nSPS) is 21.7. The molecule has 4 rings (SSSR count). The van der Waals surface area contributed by atoms with Crippen LogP contribution in [0.15, 0.2) is 30.6 Å². The van der Waals surface area contributed by atoms with Gasteiger partial charge in [0, 0.05) is 19.4 Å². The number of ether oxygens (including phenoxy) is 3. The highest BCUT2D eigenvalue weighted by Gasteiger charge is 2.52. The van der Waals surface area contributed by atoms with E-state index in [-0.39, 0.29) is 23.0 Å². The predicted octanol–water partition coefficient (Wildman–Crippen LogP) is 4.00. The fourth-order valence-electron chi connectivity index (χ4n) is 4.18. The summed E-state index contributed by atoms with van der Waals surface area (Å²) in [5.74, 6) is -1.14. The summed E-state index contributed by atoms with van der Waals surface area (Å²) in [6.45, 7) is 13.2. The number of fused-ring (bicyclic) bond motifs is 1. The number of esters is 2. The van der Waals surface area contributed by atoms with E-state index in [1.54, 1.807) is 16.7 Å². The lowest BCUT2D eigenvalue weighted by atomic mass is 10.1. The first-order valence-electron chi connectivity index (χ1n) is 12.6. The van der Waals surface area contributed by atoms with E-state index < -0.39 is 50.6 Å². The van der Waals surface area contributed by atoms with Crippen LogP contribution in [0.2, 0.25) is 18.1 Å². The van der Waals surface area contributed by atoms with Gasteiger partial charge in [0.1, 0.15) is 24.1 Å². The Morgan fingerprint density at radius 2 is 1.69 bits per heavy atom. The van der Waals surface area contributed by atoms with Crippen molar-refractivity contribution in [1.82, 2.24) is 19.5 Å². The summed E-state index contributed by atoms with van der Waals surface area (Å²) in [4.78, 5) is 37.5. The van der Waals surface area contributed by atoms with Crippen molar-refractivity contribution in [3.63, 3.8) is 0 Å². The van der Waals surface area contributed by atoms with E-state index in [0.717, 1.165) is 0 Å². The number of nitrogen functional groups attached to an aromatic ring is 1. The number of hydrogen-bond acceptors (Lipinski definition) is 10. The molecule has 39 heavy (non-hydrogen) atoms. The minimum absolute atomic E-state index is 0.0814. The van der Waals surface area contributed by atoms with Gasteiger partial charge in [-0.2, -0.15) is 0 Å². The summed E-state index contributed by atoms with van der Waals surface area (Å²) in [6.07, 6.45) is -2.60. The summed E-state index contributed by atoms with van der Waals surface area (Å²) >= 11 is 0. The van der Waals surface area contributed by atoms with Crippen LogP contribution in [0.4, 0.5) is 10.2 Å². The van der Waals surface area contributed by atoms with E-state index in [2.05, 4.69) is 48.8 Å². The highest BCUT2D eigenvalue weighted by atomic mass is 28.4. The summed E-state index contributed by atoms with van der Waals surface area (Å²) in [5.41, 5.74) is 7.23. The number of aromatic nitrogens is 4. The molecule has 13 heteroatoms. The largest absolute Gasteiger partial charge is 0.456 e.